The molecule has 0 amide bonds. The van der Waals surface area contributed by atoms with Crippen LogP contribution in [-0.2, 0) is 9.53 Å². The fourth-order valence-electron chi connectivity index (χ4n) is 1.10. The Morgan fingerprint density at radius 2 is 2.18 bits per heavy atom. The number of benzene rings is 1. The van der Waals surface area contributed by atoms with Crippen molar-refractivity contribution in [3.05, 3.63) is 32.8 Å². The Balaban J connectivity index is 2.93. The van der Waals surface area contributed by atoms with Crippen molar-refractivity contribution in [3.8, 4) is 5.75 Å². The average Bonchev–Trinajstić information content (AvgIpc) is 2.30. The van der Waals surface area contributed by atoms with Crippen molar-refractivity contribution >= 4 is 27.6 Å². The molecule has 0 spiro atoms. The van der Waals surface area contributed by atoms with Gasteiger partial charge in [-0.05, 0) is 28.9 Å². The minimum absolute atomic E-state index is 0.111. The van der Waals surface area contributed by atoms with Gasteiger partial charge in [0.1, 0.15) is 5.75 Å². The lowest BCUT2D eigenvalue weighted by atomic mass is 10.3. The summed E-state index contributed by atoms with van der Waals surface area (Å²) in [6, 6.07) is 4.06. The monoisotopic (exact) mass is 303 g/mol. The molecule has 0 fully saturated rings. The predicted octanol–water partition coefficient (Wildman–Crippen LogP) is 2.30. The van der Waals surface area contributed by atoms with E-state index in [1.54, 1.807) is 0 Å². The Kier molecular flexibility index (Phi) is 4.45. The van der Waals surface area contributed by atoms with E-state index in [-0.39, 0.29) is 11.4 Å². The Labute approximate surface area is 106 Å². The molecule has 0 N–H and O–H groups in total. The Hall–Kier alpha value is -1.63. The fourth-order valence-corrected chi connectivity index (χ4v) is 1.44. The first-order valence-corrected chi connectivity index (χ1v) is 5.43. The largest absolute Gasteiger partial charge is 0.478 e. The van der Waals surface area contributed by atoms with Gasteiger partial charge in [0.15, 0.2) is 6.10 Å². The average molecular weight is 304 g/mol. The highest BCUT2D eigenvalue weighted by atomic mass is 79.9. The number of nitro groups is 1. The number of esters is 1. The van der Waals surface area contributed by atoms with E-state index < -0.39 is 17.0 Å². The van der Waals surface area contributed by atoms with Crippen LogP contribution in [0.4, 0.5) is 5.69 Å². The molecule has 1 aromatic carbocycles. The summed E-state index contributed by atoms with van der Waals surface area (Å²) < 4.78 is 10.3. The smallest absolute Gasteiger partial charge is 0.346 e. The number of rotatable bonds is 4. The number of carbonyl (C=O) groups is 1. The summed E-state index contributed by atoms with van der Waals surface area (Å²) >= 11 is 3.18. The van der Waals surface area contributed by atoms with Crippen LogP contribution in [0.15, 0.2) is 22.7 Å². The van der Waals surface area contributed by atoms with Crippen LogP contribution >= 0.6 is 15.9 Å². The molecule has 1 aromatic rings. The van der Waals surface area contributed by atoms with Gasteiger partial charge in [0.25, 0.3) is 5.69 Å². The zero-order valence-corrected chi connectivity index (χ0v) is 10.8. The van der Waals surface area contributed by atoms with Crippen molar-refractivity contribution in [1.82, 2.24) is 0 Å². The number of hydrogen-bond donors (Lipinski definition) is 0. The zero-order chi connectivity index (χ0) is 13.0. The number of nitro benzene ring substituents is 1. The highest BCUT2D eigenvalue weighted by Gasteiger charge is 2.18. The summed E-state index contributed by atoms with van der Waals surface area (Å²) in [5.74, 6) is -0.333. The molecule has 6 nitrogen and oxygen atoms in total. The summed E-state index contributed by atoms with van der Waals surface area (Å²) in [7, 11) is 1.24. The fraction of sp³-hybridized carbons (Fsp3) is 0.300. The highest BCUT2D eigenvalue weighted by molar-refractivity contribution is 9.10. The van der Waals surface area contributed by atoms with Crippen LogP contribution in [0.1, 0.15) is 6.92 Å². The van der Waals surface area contributed by atoms with Crippen LogP contribution < -0.4 is 4.74 Å². The summed E-state index contributed by atoms with van der Waals surface area (Å²) in [5, 5.41) is 10.6. The second-order valence-corrected chi connectivity index (χ2v) is 4.01. The maximum atomic E-state index is 11.1. The topological polar surface area (TPSA) is 78.7 Å². The number of carbonyl (C=O) groups excluding carboxylic acids is 1. The number of methoxy groups -OCH3 is 1. The molecule has 0 aromatic heterocycles. The van der Waals surface area contributed by atoms with Gasteiger partial charge in [0.05, 0.1) is 22.6 Å². The van der Waals surface area contributed by atoms with Crippen molar-refractivity contribution in [2.45, 2.75) is 13.0 Å². The number of hydrogen-bond acceptors (Lipinski definition) is 5. The third-order valence-electron chi connectivity index (χ3n) is 1.96. The van der Waals surface area contributed by atoms with E-state index >= 15 is 0 Å². The maximum Gasteiger partial charge on any atom is 0.346 e. The maximum absolute atomic E-state index is 11.1. The van der Waals surface area contributed by atoms with Crippen LogP contribution in [0.3, 0.4) is 0 Å². The molecule has 1 rings (SSSR count). The first-order chi connectivity index (χ1) is 7.95. The molecular weight excluding hydrogens is 294 g/mol. The second kappa shape index (κ2) is 5.62. The third kappa shape index (κ3) is 3.42. The van der Waals surface area contributed by atoms with E-state index in [1.165, 1.54) is 32.2 Å². The Bertz CT molecular complexity index is 448. The van der Waals surface area contributed by atoms with Crippen molar-refractivity contribution in [2.24, 2.45) is 0 Å². The molecule has 0 saturated carbocycles. The summed E-state index contributed by atoms with van der Waals surface area (Å²) in [5.41, 5.74) is -0.111. The van der Waals surface area contributed by atoms with E-state index in [2.05, 4.69) is 20.7 Å². The first-order valence-electron chi connectivity index (χ1n) is 4.64. The van der Waals surface area contributed by atoms with Crippen LogP contribution in [0.25, 0.3) is 0 Å². The van der Waals surface area contributed by atoms with Crippen molar-refractivity contribution in [1.29, 1.82) is 0 Å². The lowest BCUT2D eigenvalue weighted by molar-refractivity contribution is -0.385. The third-order valence-corrected chi connectivity index (χ3v) is 2.62. The molecule has 1 unspecified atom stereocenters. The molecule has 1 atom stereocenters. The van der Waals surface area contributed by atoms with Gasteiger partial charge in [-0.15, -0.1) is 0 Å². The molecule has 0 bridgehead atoms. The van der Waals surface area contributed by atoms with Gasteiger partial charge in [0.2, 0.25) is 0 Å². The Morgan fingerprint density at radius 1 is 1.53 bits per heavy atom. The lowest BCUT2D eigenvalue weighted by Crippen LogP contribution is -2.25. The van der Waals surface area contributed by atoms with Gasteiger partial charge in [-0.1, -0.05) is 0 Å². The molecule has 0 aliphatic carbocycles. The number of ether oxygens (including phenoxy) is 2. The SMILES string of the molecule is COC(=O)C(C)Oc1cc([N+](=O)[O-])ccc1Br. The highest BCUT2D eigenvalue weighted by Crippen LogP contribution is 2.30. The molecule has 7 heteroatoms. The molecule has 0 heterocycles. The van der Waals surface area contributed by atoms with Gasteiger partial charge in [-0.25, -0.2) is 4.79 Å². The van der Waals surface area contributed by atoms with Crippen LogP contribution in [0.5, 0.6) is 5.75 Å². The van der Waals surface area contributed by atoms with E-state index in [9.17, 15) is 14.9 Å². The minimum Gasteiger partial charge on any atom is -0.478 e. The van der Waals surface area contributed by atoms with Crippen molar-refractivity contribution in [2.75, 3.05) is 7.11 Å². The molecule has 92 valence electrons. The second-order valence-electron chi connectivity index (χ2n) is 3.16. The van der Waals surface area contributed by atoms with Crippen LogP contribution in [0, 0.1) is 10.1 Å². The summed E-state index contributed by atoms with van der Waals surface area (Å²) in [4.78, 5) is 21.2. The van der Waals surface area contributed by atoms with Gasteiger partial charge >= 0.3 is 5.97 Å². The number of nitrogens with zero attached hydrogens (tertiary/aromatic N) is 1. The molecule has 0 radical (unpaired) electrons. The van der Waals surface area contributed by atoms with Crippen LogP contribution in [-0.4, -0.2) is 24.1 Å². The summed E-state index contributed by atoms with van der Waals surface area (Å²) in [6.07, 6.45) is -0.835. The molecule has 17 heavy (non-hydrogen) atoms. The van der Waals surface area contributed by atoms with Gasteiger partial charge in [-0.2, -0.15) is 0 Å². The van der Waals surface area contributed by atoms with Gasteiger partial charge < -0.3 is 9.47 Å². The van der Waals surface area contributed by atoms with Crippen LogP contribution in [0.2, 0.25) is 0 Å². The van der Waals surface area contributed by atoms with Crippen molar-refractivity contribution in [3.63, 3.8) is 0 Å². The minimum atomic E-state index is -0.835. The van der Waals surface area contributed by atoms with Gasteiger partial charge in [-0.3, -0.25) is 10.1 Å². The number of halogens is 1. The lowest BCUT2D eigenvalue weighted by Gasteiger charge is -2.13. The standard InChI is InChI=1S/C10H10BrNO5/c1-6(10(13)16-2)17-9-5-7(12(14)15)3-4-8(9)11/h3-6H,1-2H3. The van der Waals surface area contributed by atoms with E-state index in [4.69, 9.17) is 4.74 Å². The normalized spacial score (nSPS) is 11.7. The summed E-state index contributed by atoms with van der Waals surface area (Å²) in [6.45, 7) is 1.50. The van der Waals surface area contributed by atoms with E-state index in [1.807, 2.05) is 0 Å². The quantitative estimate of drug-likeness (QED) is 0.484. The molecule has 0 aliphatic rings. The molecule has 0 aliphatic heterocycles. The predicted molar refractivity (Wildman–Crippen MR) is 62.9 cm³/mol. The Morgan fingerprint density at radius 3 is 2.71 bits per heavy atom. The van der Waals surface area contributed by atoms with E-state index in [0.29, 0.717) is 4.47 Å². The molecule has 0 saturated heterocycles. The van der Waals surface area contributed by atoms with Crippen molar-refractivity contribution < 1.29 is 19.2 Å². The first kappa shape index (κ1) is 13.4. The zero-order valence-electron chi connectivity index (χ0n) is 9.18. The number of non-ortho nitro benzene ring substituents is 1. The molecular formula is C10H10BrNO5. The van der Waals surface area contributed by atoms with Gasteiger partial charge in [0, 0.05) is 6.07 Å². The van der Waals surface area contributed by atoms with E-state index in [0.717, 1.165) is 0 Å².